The van der Waals surface area contributed by atoms with Crippen LogP contribution < -0.4 is 5.59 Å². The van der Waals surface area contributed by atoms with Crippen molar-refractivity contribution in [2.75, 3.05) is 0 Å². The number of benzene rings is 2. The van der Waals surface area contributed by atoms with Gasteiger partial charge in [0.05, 0.1) is 5.69 Å². The van der Waals surface area contributed by atoms with Gasteiger partial charge in [0.25, 0.3) is 0 Å². The molecule has 1 nitrogen and oxygen atoms in total. The number of nitrogens with zero attached hydrogens (tertiary/aromatic N) is 1. The molecule has 2 aromatic carbocycles. The van der Waals surface area contributed by atoms with Crippen LogP contribution in [0.3, 0.4) is 0 Å². The molecule has 0 aliphatic heterocycles. The predicted molar refractivity (Wildman–Crippen MR) is 108 cm³/mol. The number of rotatable bonds is 2. The topological polar surface area (TPSA) is 12.9 Å². The van der Waals surface area contributed by atoms with E-state index in [1.54, 1.807) is 0 Å². The molecule has 0 bridgehead atoms. The summed E-state index contributed by atoms with van der Waals surface area (Å²) < 4.78 is 0. The molecule has 2 radical (unpaired) electrons. The monoisotopic (exact) mass is 325 g/mol. The predicted octanol–water partition coefficient (Wildman–Crippen LogP) is 4.77. The van der Waals surface area contributed by atoms with Crippen LogP contribution >= 0.6 is 0 Å². The number of hydrogen-bond donors (Lipinski definition) is 0. The first-order chi connectivity index (χ1) is 11.9. The van der Waals surface area contributed by atoms with Crippen LogP contribution in [-0.2, 0) is 19.3 Å². The molecule has 25 heavy (non-hydrogen) atoms. The Morgan fingerprint density at radius 2 is 1.76 bits per heavy atom. The summed E-state index contributed by atoms with van der Waals surface area (Å²) in [6.07, 6.45) is 4.70. The van der Waals surface area contributed by atoms with E-state index in [0.717, 1.165) is 12.1 Å². The Morgan fingerprint density at radius 3 is 2.56 bits per heavy atom. The Hall–Kier alpha value is -2.09. The third-order valence-electron chi connectivity index (χ3n) is 5.02. The van der Waals surface area contributed by atoms with Crippen LogP contribution in [0.2, 0.25) is 0 Å². The standard InChI is InChI=1S/C23H24BN/c1-23(2,3)14-15-7-10-20-19(11-15)13-21(24)25-22(20)18-9-8-16-5-4-6-17(16)12-18/h7-13H,4-6,14H2,1-3H3. The minimum Gasteiger partial charge on any atom is -0.264 e. The van der Waals surface area contributed by atoms with Crippen LogP contribution in [0.4, 0.5) is 0 Å². The SMILES string of the molecule is [B]c1cc2cc(CC(C)(C)C)ccc2c(-c2ccc3c(c2)CCC3)n1. The van der Waals surface area contributed by atoms with E-state index < -0.39 is 0 Å². The first kappa shape index (κ1) is 16.4. The number of aromatic nitrogens is 1. The minimum atomic E-state index is 0.273. The summed E-state index contributed by atoms with van der Waals surface area (Å²) in [5.41, 5.74) is 7.37. The van der Waals surface area contributed by atoms with Gasteiger partial charge in [-0.25, -0.2) is 0 Å². The summed E-state index contributed by atoms with van der Waals surface area (Å²) in [5.74, 6) is 0. The van der Waals surface area contributed by atoms with Crippen molar-refractivity contribution < 1.29 is 0 Å². The molecule has 4 rings (SSSR count). The second-order valence-corrected chi connectivity index (χ2v) is 8.53. The maximum Gasteiger partial charge on any atom is 0.141 e. The number of aryl methyl sites for hydroxylation is 2. The molecule has 0 N–H and O–H groups in total. The van der Waals surface area contributed by atoms with Gasteiger partial charge in [-0.3, -0.25) is 4.98 Å². The molecule has 0 fully saturated rings. The van der Waals surface area contributed by atoms with Crippen molar-refractivity contribution in [3.05, 3.63) is 59.2 Å². The summed E-state index contributed by atoms with van der Waals surface area (Å²) in [5, 5.41) is 2.37. The Bertz CT molecular complexity index is 950. The molecular formula is C23H24BN. The number of fused-ring (bicyclic) bond motifs is 2. The van der Waals surface area contributed by atoms with Crippen molar-refractivity contribution in [3.8, 4) is 11.3 Å². The van der Waals surface area contributed by atoms with Gasteiger partial charge in [0, 0.05) is 10.9 Å². The molecule has 1 aliphatic carbocycles. The van der Waals surface area contributed by atoms with E-state index in [1.807, 2.05) is 6.07 Å². The van der Waals surface area contributed by atoms with Crippen LogP contribution in [-0.4, -0.2) is 12.8 Å². The maximum atomic E-state index is 6.14. The van der Waals surface area contributed by atoms with Crippen LogP contribution in [0, 0.1) is 5.41 Å². The zero-order valence-electron chi connectivity index (χ0n) is 15.4. The van der Waals surface area contributed by atoms with E-state index in [2.05, 4.69) is 62.2 Å². The number of pyridine rings is 1. The number of hydrogen-bond acceptors (Lipinski definition) is 1. The molecule has 0 unspecified atom stereocenters. The Kier molecular flexibility index (Phi) is 3.94. The average Bonchev–Trinajstić information content (AvgIpc) is 2.99. The van der Waals surface area contributed by atoms with Crippen molar-refractivity contribution in [2.24, 2.45) is 5.41 Å². The summed E-state index contributed by atoms with van der Waals surface area (Å²) in [6.45, 7) is 6.82. The largest absolute Gasteiger partial charge is 0.264 e. The molecule has 3 aromatic rings. The van der Waals surface area contributed by atoms with Crippen molar-refractivity contribution in [1.82, 2.24) is 4.98 Å². The lowest BCUT2D eigenvalue weighted by molar-refractivity contribution is 0.411. The summed E-state index contributed by atoms with van der Waals surface area (Å²) >= 11 is 0. The van der Waals surface area contributed by atoms with Crippen LogP contribution in [0.5, 0.6) is 0 Å². The van der Waals surface area contributed by atoms with E-state index in [0.29, 0.717) is 5.59 Å². The summed E-state index contributed by atoms with van der Waals surface area (Å²) in [7, 11) is 6.14. The van der Waals surface area contributed by atoms with E-state index in [4.69, 9.17) is 7.85 Å². The van der Waals surface area contributed by atoms with Gasteiger partial charge < -0.3 is 0 Å². The Labute approximate surface area is 151 Å². The first-order valence-electron chi connectivity index (χ1n) is 9.20. The van der Waals surface area contributed by atoms with Crippen molar-refractivity contribution in [1.29, 1.82) is 0 Å². The minimum absolute atomic E-state index is 0.273. The van der Waals surface area contributed by atoms with Crippen molar-refractivity contribution >= 4 is 24.2 Å². The average molecular weight is 325 g/mol. The van der Waals surface area contributed by atoms with Gasteiger partial charge in [-0.15, -0.1) is 0 Å². The van der Waals surface area contributed by atoms with Gasteiger partial charge in [-0.2, -0.15) is 0 Å². The van der Waals surface area contributed by atoms with Gasteiger partial charge in [-0.1, -0.05) is 51.1 Å². The molecule has 1 heterocycles. The van der Waals surface area contributed by atoms with Crippen LogP contribution in [0.25, 0.3) is 22.0 Å². The summed E-state index contributed by atoms with van der Waals surface area (Å²) in [4.78, 5) is 4.68. The lowest BCUT2D eigenvalue weighted by atomic mass is 9.87. The molecule has 2 heteroatoms. The molecular weight excluding hydrogens is 301 g/mol. The van der Waals surface area contributed by atoms with Gasteiger partial charge in [0.1, 0.15) is 7.85 Å². The fourth-order valence-electron chi connectivity index (χ4n) is 3.99. The molecule has 1 aliphatic rings. The van der Waals surface area contributed by atoms with Gasteiger partial charge >= 0.3 is 0 Å². The molecule has 1 aromatic heterocycles. The van der Waals surface area contributed by atoms with Crippen LogP contribution in [0.15, 0.2) is 42.5 Å². The molecule has 0 saturated carbocycles. The maximum absolute atomic E-state index is 6.14. The van der Waals surface area contributed by atoms with Crippen molar-refractivity contribution in [3.63, 3.8) is 0 Å². The zero-order chi connectivity index (χ0) is 17.6. The third kappa shape index (κ3) is 3.35. The lowest BCUT2D eigenvalue weighted by Crippen LogP contribution is -2.11. The lowest BCUT2D eigenvalue weighted by Gasteiger charge is -2.19. The van der Waals surface area contributed by atoms with Gasteiger partial charge in [0.15, 0.2) is 0 Å². The fourth-order valence-corrected chi connectivity index (χ4v) is 3.99. The highest BCUT2D eigenvalue weighted by atomic mass is 14.7. The van der Waals surface area contributed by atoms with Gasteiger partial charge in [0.2, 0.25) is 0 Å². The highest BCUT2D eigenvalue weighted by molar-refractivity contribution is 6.32. The molecule has 0 amide bonds. The smallest absolute Gasteiger partial charge is 0.141 e. The highest BCUT2D eigenvalue weighted by Gasteiger charge is 2.15. The second kappa shape index (κ2) is 6.02. The van der Waals surface area contributed by atoms with E-state index in [-0.39, 0.29) is 5.41 Å². The van der Waals surface area contributed by atoms with Gasteiger partial charge in [-0.05, 0) is 70.9 Å². The quantitative estimate of drug-likeness (QED) is 0.618. The van der Waals surface area contributed by atoms with E-state index >= 15 is 0 Å². The Balaban J connectivity index is 1.84. The Morgan fingerprint density at radius 1 is 0.960 bits per heavy atom. The molecule has 0 saturated heterocycles. The molecule has 0 spiro atoms. The first-order valence-corrected chi connectivity index (χ1v) is 9.20. The normalized spacial score (nSPS) is 14.0. The molecule has 0 atom stereocenters. The van der Waals surface area contributed by atoms with Crippen molar-refractivity contribution in [2.45, 2.75) is 46.5 Å². The van der Waals surface area contributed by atoms with E-state index in [1.165, 1.54) is 52.3 Å². The third-order valence-corrected chi connectivity index (χ3v) is 5.02. The zero-order valence-corrected chi connectivity index (χ0v) is 15.4. The highest BCUT2D eigenvalue weighted by Crippen LogP contribution is 2.32. The van der Waals surface area contributed by atoms with Crippen LogP contribution in [0.1, 0.15) is 43.9 Å². The molecule has 124 valence electrons. The summed E-state index contributed by atoms with van der Waals surface area (Å²) in [6, 6.07) is 15.5. The van der Waals surface area contributed by atoms with E-state index in [9.17, 15) is 0 Å². The second-order valence-electron chi connectivity index (χ2n) is 8.53. The fraction of sp³-hybridized carbons (Fsp3) is 0.348.